The fourth-order valence-corrected chi connectivity index (χ4v) is 3.03. The zero-order valence-corrected chi connectivity index (χ0v) is 13.0. The molecule has 1 amide bonds. The highest BCUT2D eigenvalue weighted by molar-refractivity contribution is 5.96. The summed E-state index contributed by atoms with van der Waals surface area (Å²) in [5, 5.41) is 8.86. The predicted molar refractivity (Wildman–Crippen MR) is 85.3 cm³/mol. The summed E-state index contributed by atoms with van der Waals surface area (Å²) in [6.45, 7) is 1.15. The van der Waals surface area contributed by atoms with E-state index in [0.29, 0.717) is 19.0 Å². The number of likely N-dealkylation sites (tertiary alicyclic amines) is 1. The molecule has 1 N–H and O–H groups in total. The standard InChI is InChI=1S/C18H17FN2O3/c19-16-10-14(18(23)24)1-2-15(16)17(22)21-8-5-13(11-21)9-12-3-6-20-7-4-12/h1-4,6-7,10,13H,5,8-9,11H2,(H,23,24). The van der Waals surface area contributed by atoms with E-state index in [4.69, 9.17) is 5.11 Å². The molecule has 3 rings (SSSR count). The molecule has 1 aliphatic heterocycles. The number of hydrogen-bond acceptors (Lipinski definition) is 3. The minimum atomic E-state index is -1.22. The van der Waals surface area contributed by atoms with E-state index in [-0.39, 0.29) is 17.0 Å². The lowest BCUT2D eigenvalue weighted by molar-refractivity contribution is 0.0693. The molecule has 1 saturated heterocycles. The van der Waals surface area contributed by atoms with E-state index in [1.807, 2.05) is 12.1 Å². The van der Waals surface area contributed by atoms with Crippen LogP contribution in [0.25, 0.3) is 0 Å². The minimum absolute atomic E-state index is 0.0791. The van der Waals surface area contributed by atoms with E-state index >= 15 is 0 Å². The summed E-state index contributed by atoms with van der Waals surface area (Å²) in [4.78, 5) is 28.9. The van der Waals surface area contributed by atoms with Gasteiger partial charge in [-0.25, -0.2) is 9.18 Å². The molecule has 1 aliphatic rings. The summed E-state index contributed by atoms with van der Waals surface area (Å²) in [6.07, 6.45) is 5.20. The van der Waals surface area contributed by atoms with E-state index in [0.717, 1.165) is 18.9 Å². The van der Waals surface area contributed by atoms with Crippen molar-refractivity contribution < 1.29 is 19.1 Å². The summed E-state index contributed by atoms with van der Waals surface area (Å²) >= 11 is 0. The third-order valence-electron chi connectivity index (χ3n) is 4.29. The van der Waals surface area contributed by atoms with Crippen LogP contribution in [0, 0.1) is 11.7 Å². The summed E-state index contributed by atoms with van der Waals surface area (Å²) in [6, 6.07) is 7.30. The maximum atomic E-state index is 14.0. The summed E-state index contributed by atoms with van der Waals surface area (Å²) < 4.78 is 14.0. The van der Waals surface area contributed by atoms with Crippen molar-refractivity contribution in [3.63, 3.8) is 0 Å². The van der Waals surface area contributed by atoms with Gasteiger partial charge in [0.05, 0.1) is 11.1 Å². The third-order valence-corrected chi connectivity index (χ3v) is 4.29. The molecule has 5 nitrogen and oxygen atoms in total. The maximum absolute atomic E-state index is 14.0. The topological polar surface area (TPSA) is 70.5 Å². The summed E-state index contributed by atoms with van der Waals surface area (Å²) in [7, 11) is 0. The van der Waals surface area contributed by atoms with Crippen LogP contribution in [-0.2, 0) is 6.42 Å². The van der Waals surface area contributed by atoms with Crippen molar-refractivity contribution in [3.8, 4) is 0 Å². The number of carbonyl (C=O) groups excluding carboxylic acids is 1. The number of carboxylic acids is 1. The SMILES string of the molecule is O=C(O)c1ccc(C(=O)N2CCC(Cc3ccncc3)C2)c(F)c1. The van der Waals surface area contributed by atoms with Gasteiger partial charge in [-0.1, -0.05) is 0 Å². The van der Waals surface area contributed by atoms with Gasteiger partial charge in [0, 0.05) is 25.5 Å². The van der Waals surface area contributed by atoms with Crippen molar-refractivity contribution in [3.05, 3.63) is 65.2 Å². The predicted octanol–water partition coefficient (Wildman–Crippen LogP) is 2.62. The first-order chi connectivity index (χ1) is 11.5. The summed E-state index contributed by atoms with van der Waals surface area (Å²) in [5.41, 5.74) is 0.923. The van der Waals surface area contributed by atoms with E-state index in [1.54, 1.807) is 17.3 Å². The molecule has 24 heavy (non-hydrogen) atoms. The van der Waals surface area contributed by atoms with Gasteiger partial charge in [0.1, 0.15) is 5.82 Å². The Labute approximate surface area is 138 Å². The van der Waals surface area contributed by atoms with Gasteiger partial charge in [0.15, 0.2) is 0 Å². The van der Waals surface area contributed by atoms with E-state index < -0.39 is 11.8 Å². The first kappa shape index (κ1) is 16.1. The van der Waals surface area contributed by atoms with Gasteiger partial charge in [0.25, 0.3) is 5.91 Å². The number of carbonyl (C=O) groups is 2. The molecule has 1 fully saturated rings. The Kier molecular flexibility index (Phi) is 4.55. The van der Waals surface area contributed by atoms with Crippen LogP contribution in [0.5, 0.6) is 0 Å². The van der Waals surface area contributed by atoms with Crippen molar-refractivity contribution >= 4 is 11.9 Å². The van der Waals surface area contributed by atoms with Crippen LogP contribution >= 0.6 is 0 Å². The third kappa shape index (κ3) is 3.42. The Morgan fingerprint density at radius 3 is 2.67 bits per heavy atom. The number of hydrogen-bond donors (Lipinski definition) is 1. The monoisotopic (exact) mass is 328 g/mol. The molecular weight excluding hydrogens is 311 g/mol. The fraction of sp³-hybridized carbons (Fsp3) is 0.278. The fourth-order valence-electron chi connectivity index (χ4n) is 3.03. The zero-order valence-electron chi connectivity index (χ0n) is 13.0. The second-order valence-corrected chi connectivity index (χ2v) is 5.97. The Morgan fingerprint density at radius 1 is 1.25 bits per heavy atom. The van der Waals surface area contributed by atoms with Gasteiger partial charge in [-0.3, -0.25) is 9.78 Å². The molecular formula is C18H17FN2O3. The van der Waals surface area contributed by atoms with Crippen molar-refractivity contribution in [2.75, 3.05) is 13.1 Å². The van der Waals surface area contributed by atoms with Crippen LogP contribution in [0.4, 0.5) is 4.39 Å². The normalized spacial score (nSPS) is 17.0. The van der Waals surface area contributed by atoms with Crippen LogP contribution in [0.15, 0.2) is 42.7 Å². The average Bonchev–Trinajstić information content (AvgIpc) is 3.03. The van der Waals surface area contributed by atoms with Gasteiger partial charge in [-0.15, -0.1) is 0 Å². The lowest BCUT2D eigenvalue weighted by Crippen LogP contribution is -2.29. The highest BCUT2D eigenvalue weighted by Crippen LogP contribution is 2.23. The first-order valence-electron chi connectivity index (χ1n) is 7.75. The van der Waals surface area contributed by atoms with Crippen molar-refractivity contribution in [2.24, 2.45) is 5.92 Å². The number of nitrogens with zero attached hydrogens (tertiary/aromatic N) is 2. The number of carboxylic acid groups (broad SMARTS) is 1. The van der Waals surface area contributed by atoms with Gasteiger partial charge in [-0.05, 0) is 54.7 Å². The zero-order chi connectivity index (χ0) is 17.1. The van der Waals surface area contributed by atoms with Gasteiger partial charge < -0.3 is 10.0 Å². The highest BCUT2D eigenvalue weighted by atomic mass is 19.1. The minimum Gasteiger partial charge on any atom is -0.478 e. The van der Waals surface area contributed by atoms with E-state index in [9.17, 15) is 14.0 Å². The number of halogens is 1. The Balaban J connectivity index is 1.67. The molecule has 1 aromatic carbocycles. The van der Waals surface area contributed by atoms with Crippen molar-refractivity contribution in [1.82, 2.24) is 9.88 Å². The molecule has 1 atom stereocenters. The smallest absolute Gasteiger partial charge is 0.335 e. The molecule has 6 heteroatoms. The number of rotatable bonds is 4. The van der Waals surface area contributed by atoms with Gasteiger partial charge in [-0.2, -0.15) is 0 Å². The van der Waals surface area contributed by atoms with Crippen molar-refractivity contribution in [1.29, 1.82) is 0 Å². The molecule has 0 saturated carbocycles. The van der Waals surface area contributed by atoms with Crippen LogP contribution in [0.1, 0.15) is 32.7 Å². The van der Waals surface area contributed by atoms with Crippen LogP contribution in [0.3, 0.4) is 0 Å². The van der Waals surface area contributed by atoms with Gasteiger partial charge >= 0.3 is 5.97 Å². The molecule has 2 aromatic rings. The second kappa shape index (κ2) is 6.78. The molecule has 124 valence electrons. The van der Waals surface area contributed by atoms with E-state index in [2.05, 4.69) is 4.98 Å². The largest absolute Gasteiger partial charge is 0.478 e. The molecule has 0 aliphatic carbocycles. The van der Waals surface area contributed by atoms with Crippen LogP contribution < -0.4 is 0 Å². The second-order valence-electron chi connectivity index (χ2n) is 5.97. The quantitative estimate of drug-likeness (QED) is 0.936. The average molecular weight is 328 g/mol. The number of benzene rings is 1. The van der Waals surface area contributed by atoms with E-state index in [1.165, 1.54) is 17.7 Å². The maximum Gasteiger partial charge on any atom is 0.335 e. The molecule has 2 heterocycles. The molecule has 1 aromatic heterocycles. The molecule has 1 unspecified atom stereocenters. The Hall–Kier alpha value is -2.76. The number of pyridine rings is 1. The Bertz CT molecular complexity index is 764. The van der Waals surface area contributed by atoms with Crippen LogP contribution in [0.2, 0.25) is 0 Å². The number of aromatic carboxylic acids is 1. The van der Waals surface area contributed by atoms with Gasteiger partial charge in [0.2, 0.25) is 0 Å². The van der Waals surface area contributed by atoms with Crippen molar-refractivity contribution in [2.45, 2.75) is 12.8 Å². The lowest BCUT2D eigenvalue weighted by Gasteiger charge is -2.17. The Morgan fingerprint density at radius 2 is 2.00 bits per heavy atom. The highest BCUT2D eigenvalue weighted by Gasteiger charge is 2.28. The lowest BCUT2D eigenvalue weighted by atomic mass is 10.00. The number of amides is 1. The molecule has 0 spiro atoms. The van der Waals surface area contributed by atoms with Crippen LogP contribution in [-0.4, -0.2) is 40.0 Å². The summed E-state index contributed by atoms with van der Waals surface area (Å²) in [5.74, 6) is -2.07. The number of aromatic nitrogens is 1. The molecule has 0 radical (unpaired) electrons. The first-order valence-corrected chi connectivity index (χ1v) is 7.75. The molecule has 0 bridgehead atoms.